The van der Waals surface area contributed by atoms with Gasteiger partial charge in [-0.05, 0) is 37.3 Å². The minimum Gasteiger partial charge on any atom is -0.361 e. The fourth-order valence-electron chi connectivity index (χ4n) is 2.10. The van der Waals surface area contributed by atoms with E-state index in [4.69, 9.17) is 0 Å². The zero-order chi connectivity index (χ0) is 7.97. The number of aromatic nitrogens is 1. The Labute approximate surface area is 72.4 Å². The topological polar surface area (TPSA) is 37.7 Å². The number of nitrogens with one attached hydrogen (secondary N) is 2. The first kappa shape index (κ1) is 6.72. The number of H-pyrrole nitrogens is 1. The molecular formula is C10H14N2. The summed E-state index contributed by atoms with van der Waals surface area (Å²) < 4.78 is 0. The average Bonchev–Trinajstić information content (AvgIpc) is 2.85. The SMILES string of the molecule is c1c([C@H]2CN2)[nH]c2c1CCCC2. The van der Waals surface area contributed by atoms with Crippen molar-refractivity contribution in [2.45, 2.75) is 31.7 Å². The van der Waals surface area contributed by atoms with Crippen LogP contribution in [-0.4, -0.2) is 11.5 Å². The molecule has 0 unspecified atom stereocenters. The highest BCUT2D eigenvalue weighted by Gasteiger charge is 2.25. The van der Waals surface area contributed by atoms with Gasteiger partial charge in [0.25, 0.3) is 0 Å². The maximum atomic E-state index is 3.53. The Morgan fingerprint density at radius 2 is 2.08 bits per heavy atom. The summed E-state index contributed by atoms with van der Waals surface area (Å²) in [6.07, 6.45) is 5.30. The molecule has 0 radical (unpaired) electrons. The first-order chi connectivity index (χ1) is 5.93. The number of rotatable bonds is 1. The second-order valence-corrected chi connectivity index (χ2v) is 3.90. The number of hydrogen-bond donors (Lipinski definition) is 2. The van der Waals surface area contributed by atoms with Gasteiger partial charge in [0.15, 0.2) is 0 Å². The highest BCUT2D eigenvalue weighted by atomic mass is 15.1. The minimum absolute atomic E-state index is 0.649. The van der Waals surface area contributed by atoms with E-state index in [-0.39, 0.29) is 0 Å². The van der Waals surface area contributed by atoms with E-state index < -0.39 is 0 Å². The van der Waals surface area contributed by atoms with Crippen LogP contribution in [0, 0.1) is 0 Å². The van der Waals surface area contributed by atoms with Gasteiger partial charge in [0, 0.05) is 17.9 Å². The standard InChI is InChI=1S/C10H14N2/c1-2-4-8-7(3-1)5-9(12-8)10-6-11-10/h5,10-12H,1-4,6H2/t10-/m1/s1. The Morgan fingerprint density at radius 3 is 2.83 bits per heavy atom. The van der Waals surface area contributed by atoms with Crippen molar-refractivity contribution in [1.82, 2.24) is 10.3 Å². The molecule has 1 aromatic heterocycles. The lowest BCUT2D eigenvalue weighted by molar-refractivity contribution is 0.676. The van der Waals surface area contributed by atoms with Crippen LogP contribution in [0.4, 0.5) is 0 Å². The molecule has 0 saturated carbocycles. The van der Waals surface area contributed by atoms with Gasteiger partial charge in [-0.3, -0.25) is 0 Å². The first-order valence-corrected chi connectivity index (χ1v) is 4.87. The molecule has 2 nitrogen and oxygen atoms in total. The van der Waals surface area contributed by atoms with Crippen molar-refractivity contribution in [2.75, 3.05) is 6.54 Å². The number of aryl methyl sites for hydroxylation is 2. The average molecular weight is 162 g/mol. The molecule has 2 aliphatic rings. The molecule has 2 heteroatoms. The van der Waals surface area contributed by atoms with Crippen LogP contribution >= 0.6 is 0 Å². The van der Waals surface area contributed by atoms with Crippen molar-refractivity contribution < 1.29 is 0 Å². The molecular weight excluding hydrogens is 148 g/mol. The Hall–Kier alpha value is -0.760. The van der Waals surface area contributed by atoms with Crippen LogP contribution in [-0.2, 0) is 12.8 Å². The van der Waals surface area contributed by atoms with E-state index in [2.05, 4.69) is 16.4 Å². The van der Waals surface area contributed by atoms with E-state index in [0.717, 1.165) is 0 Å². The monoisotopic (exact) mass is 162 g/mol. The maximum Gasteiger partial charge on any atom is 0.0600 e. The summed E-state index contributed by atoms with van der Waals surface area (Å²) in [4.78, 5) is 3.53. The van der Waals surface area contributed by atoms with Crippen LogP contribution in [0.15, 0.2) is 6.07 Å². The van der Waals surface area contributed by atoms with Crippen molar-refractivity contribution in [3.8, 4) is 0 Å². The smallest absolute Gasteiger partial charge is 0.0600 e. The maximum absolute atomic E-state index is 3.53. The highest BCUT2D eigenvalue weighted by Crippen LogP contribution is 2.27. The van der Waals surface area contributed by atoms with Crippen molar-refractivity contribution >= 4 is 0 Å². The summed E-state index contributed by atoms with van der Waals surface area (Å²) in [6, 6.07) is 3.01. The molecule has 1 fully saturated rings. The molecule has 1 saturated heterocycles. The molecule has 1 atom stereocenters. The molecule has 64 valence electrons. The van der Waals surface area contributed by atoms with E-state index in [9.17, 15) is 0 Å². The van der Waals surface area contributed by atoms with Crippen LogP contribution in [0.1, 0.15) is 35.8 Å². The zero-order valence-electron chi connectivity index (χ0n) is 7.19. The summed E-state index contributed by atoms with van der Waals surface area (Å²) in [6.45, 7) is 1.17. The Morgan fingerprint density at radius 1 is 1.25 bits per heavy atom. The molecule has 12 heavy (non-hydrogen) atoms. The summed E-state index contributed by atoms with van der Waals surface area (Å²) in [7, 11) is 0. The minimum atomic E-state index is 0.649. The Balaban J connectivity index is 1.97. The van der Waals surface area contributed by atoms with Gasteiger partial charge in [-0.2, -0.15) is 0 Å². The molecule has 0 aromatic carbocycles. The van der Waals surface area contributed by atoms with Gasteiger partial charge in [-0.15, -0.1) is 0 Å². The van der Waals surface area contributed by atoms with Crippen molar-refractivity contribution in [3.63, 3.8) is 0 Å². The van der Waals surface area contributed by atoms with Crippen LogP contribution in [0.2, 0.25) is 0 Å². The van der Waals surface area contributed by atoms with Gasteiger partial charge in [0.05, 0.1) is 6.04 Å². The largest absolute Gasteiger partial charge is 0.361 e. The summed E-state index contributed by atoms with van der Waals surface area (Å²) in [5.74, 6) is 0. The molecule has 1 aliphatic heterocycles. The van der Waals surface area contributed by atoms with Crippen LogP contribution in [0.5, 0.6) is 0 Å². The second-order valence-electron chi connectivity index (χ2n) is 3.90. The Bertz CT molecular complexity index is 273. The predicted octanol–water partition coefficient (Wildman–Crippen LogP) is 1.54. The molecule has 2 N–H and O–H groups in total. The van der Waals surface area contributed by atoms with Crippen molar-refractivity contribution in [3.05, 3.63) is 23.0 Å². The predicted molar refractivity (Wildman–Crippen MR) is 48.2 cm³/mol. The molecule has 0 spiro atoms. The normalized spacial score (nSPS) is 26.8. The van der Waals surface area contributed by atoms with Gasteiger partial charge in [-0.1, -0.05) is 0 Å². The third kappa shape index (κ3) is 0.985. The van der Waals surface area contributed by atoms with E-state index in [1.807, 2.05) is 0 Å². The molecule has 3 rings (SSSR count). The lowest BCUT2D eigenvalue weighted by Gasteiger charge is -2.08. The second kappa shape index (κ2) is 2.36. The van der Waals surface area contributed by atoms with E-state index in [1.165, 1.54) is 43.6 Å². The van der Waals surface area contributed by atoms with E-state index in [0.29, 0.717) is 6.04 Å². The van der Waals surface area contributed by atoms with E-state index >= 15 is 0 Å². The van der Waals surface area contributed by atoms with Crippen LogP contribution in [0.25, 0.3) is 0 Å². The number of hydrogen-bond acceptors (Lipinski definition) is 1. The summed E-state index contributed by atoms with van der Waals surface area (Å²) >= 11 is 0. The van der Waals surface area contributed by atoms with Crippen molar-refractivity contribution in [1.29, 1.82) is 0 Å². The lowest BCUT2D eigenvalue weighted by atomic mass is 9.98. The van der Waals surface area contributed by atoms with Gasteiger partial charge in [0.2, 0.25) is 0 Å². The Kier molecular flexibility index (Phi) is 1.32. The van der Waals surface area contributed by atoms with Gasteiger partial charge < -0.3 is 10.3 Å². The fraction of sp³-hybridized carbons (Fsp3) is 0.600. The fourth-order valence-corrected chi connectivity index (χ4v) is 2.10. The van der Waals surface area contributed by atoms with Gasteiger partial charge in [0.1, 0.15) is 0 Å². The lowest BCUT2D eigenvalue weighted by Crippen LogP contribution is -1.99. The number of aromatic amines is 1. The van der Waals surface area contributed by atoms with Crippen LogP contribution in [0.3, 0.4) is 0 Å². The third-order valence-corrected chi connectivity index (χ3v) is 2.92. The molecule has 1 aliphatic carbocycles. The van der Waals surface area contributed by atoms with Crippen molar-refractivity contribution in [2.24, 2.45) is 0 Å². The van der Waals surface area contributed by atoms with Crippen LogP contribution < -0.4 is 5.32 Å². The van der Waals surface area contributed by atoms with Gasteiger partial charge in [-0.25, -0.2) is 0 Å². The zero-order valence-corrected chi connectivity index (χ0v) is 7.19. The molecule has 1 aromatic rings. The number of fused-ring (bicyclic) bond motifs is 1. The van der Waals surface area contributed by atoms with E-state index in [1.54, 1.807) is 5.56 Å². The third-order valence-electron chi connectivity index (χ3n) is 2.92. The van der Waals surface area contributed by atoms with Gasteiger partial charge >= 0.3 is 0 Å². The molecule has 0 amide bonds. The summed E-state index contributed by atoms with van der Waals surface area (Å²) in [5.41, 5.74) is 4.50. The highest BCUT2D eigenvalue weighted by molar-refractivity contribution is 5.31. The quantitative estimate of drug-likeness (QED) is 0.604. The summed E-state index contributed by atoms with van der Waals surface area (Å²) in [5, 5.41) is 3.33. The molecule has 2 heterocycles. The molecule has 0 bridgehead atoms. The first-order valence-electron chi connectivity index (χ1n) is 4.87.